The van der Waals surface area contributed by atoms with Gasteiger partial charge < -0.3 is 9.84 Å². The lowest BCUT2D eigenvalue weighted by molar-refractivity contribution is -0.144. The summed E-state index contributed by atoms with van der Waals surface area (Å²) in [5.74, 6) is 0.200. The number of hydrogen-bond acceptors (Lipinski definition) is 3. The van der Waals surface area contributed by atoms with E-state index in [1.807, 2.05) is 12.1 Å². The summed E-state index contributed by atoms with van der Waals surface area (Å²) in [7, 11) is 0. The summed E-state index contributed by atoms with van der Waals surface area (Å²) in [6.07, 6.45) is 4.79. The summed E-state index contributed by atoms with van der Waals surface area (Å²) in [5.41, 5.74) is 1.31. The number of carboxylic acids is 1. The van der Waals surface area contributed by atoms with E-state index in [0.717, 1.165) is 50.9 Å². The fourth-order valence-corrected chi connectivity index (χ4v) is 2.82. The van der Waals surface area contributed by atoms with Crippen LogP contribution in [0.4, 0.5) is 0 Å². The van der Waals surface area contributed by atoms with Crippen LogP contribution in [0.2, 0.25) is 0 Å². The van der Waals surface area contributed by atoms with E-state index in [2.05, 4.69) is 24.0 Å². The second-order valence-corrected chi connectivity index (χ2v) is 5.59. The van der Waals surface area contributed by atoms with Gasteiger partial charge in [-0.05, 0) is 49.9 Å². The fourth-order valence-electron chi connectivity index (χ4n) is 2.82. The van der Waals surface area contributed by atoms with Crippen LogP contribution in [0, 0.1) is 0 Å². The monoisotopic (exact) mass is 291 g/mol. The van der Waals surface area contributed by atoms with E-state index >= 15 is 0 Å². The number of carboxylic acid groups (broad SMARTS) is 1. The maximum Gasteiger partial charge on any atom is 0.320 e. The fraction of sp³-hybridized carbons (Fsp3) is 0.588. The molecule has 1 fully saturated rings. The minimum Gasteiger partial charge on any atom is -0.494 e. The van der Waals surface area contributed by atoms with Crippen LogP contribution in [0.1, 0.15) is 38.2 Å². The Morgan fingerprint density at radius 1 is 1.33 bits per heavy atom. The van der Waals surface area contributed by atoms with Crippen molar-refractivity contribution in [2.75, 3.05) is 19.7 Å². The maximum atomic E-state index is 11.2. The Bertz CT molecular complexity index is 444. The number of hydrogen-bond donors (Lipinski definition) is 1. The Hall–Kier alpha value is -1.55. The number of carbonyl (C=O) groups is 1. The highest BCUT2D eigenvalue weighted by molar-refractivity contribution is 5.73. The molecule has 1 heterocycles. The molecule has 1 aliphatic heterocycles. The van der Waals surface area contributed by atoms with Crippen molar-refractivity contribution < 1.29 is 14.6 Å². The molecule has 0 aliphatic carbocycles. The molecule has 1 aromatic carbocycles. The number of benzene rings is 1. The zero-order chi connectivity index (χ0) is 15.1. The largest absolute Gasteiger partial charge is 0.494 e. The van der Waals surface area contributed by atoms with Gasteiger partial charge in [0.2, 0.25) is 0 Å². The maximum absolute atomic E-state index is 11.2. The molecular weight excluding hydrogens is 266 g/mol. The molecule has 1 atom stereocenters. The van der Waals surface area contributed by atoms with Gasteiger partial charge in [-0.1, -0.05) is 25.5 Å². The van der Waals surface area contributed by atoms with Gasteiger partial charge in [-0.3, -0.25) is 9.69 Å². The third-order valence-corrected chi connectivity index (χ3v) is 4.09. The quantitative estimate of drug-likeness (QED) is 0.785. The highest BCUT2D eigenvalue weighted by atomic mass is 16.5. The third kappa shape index (κ3) is 4.74. The first kappa shape index (κ1) is 15.8. The summed E-state index contributed by atoms with van der Waals surface area (Å²) in [6, 6.07) is 7.86. The van der Waals surface area contributed by atoms with Gasteiger partial charge in [0.15, 0.2) is 0 Å². The molecule has 21 heavy (non-hydrogen) atoms. The number of piperidine rings is 1. The normalized spacial score (nSPS) is 19.4. The number of aryl methyl sites for hydroxylation is 1. The van der Waals surface area contributed by atoms with E-state index in [-0.39, 0.29) is 6.04 Å². The minimum atomic E-state index is -0.689. The van der Waals surface area contributed by atoms with Crippen molar-refractivity contribution in [3.05, 3.63) is 29.8 Å². The van der Waals surface area contributed by atoms with Gasteiger partial charge in [0.1, 0.15) is 11.8 Å². The first-order valence-corrected chi connectivity index (χ1v) is 7.89. The molecule has 1 aliphatic rings. The van der Waals surface area contributed by atoms with Crippen LogP contribution in [0.25, 0.3) is 0 Å². The van der Waals surface area contributed by atoms with Gasteiger partial charge >= 0.3 is 5.97 Å². The predicted molar refractivity (Wildman–Crippen MR) is 82.8 cm³/mol. The topological polar surface area (TPSA) is 49.8 Å². The van der Waals surface area contributed by atoms with E-state index < -0.39 is 5.97 Å². The highest BCUT2D eigenvalue weighted by Crippen LogP contribution is 2.18. The van der Waals surface area contributed by atoms with Gasteiger partial charge in [-0.15, -0.1) is 0 Å². The molecule has 2 rings (SSSR count). The molecule has 1 saturated heterocycles. The first-order chi connectivity index (χ1) is 10.2. The average Bonchev–Trinajstić information content (AvgIpc) is 2.52. The number of aliphatic carboxylic acids is 1. The Kier molecular flexibility index (Phi) is 6.05. The Morgan fingerprint density at radius 3 is 2.76 bits per heavy atom. The predicted octanol–water partition coefficient (Wildman–Crippen LogP) is 2.96. The Morgan fingerprint density at radius 2 is 2.10 bits per heavy atom. The summed E-state index contributed by atoms with van der Waals surface area (Å²) >= 11 is 0. The lowest BCUT2D eigenvalue weighted by Crippen LogP contribution is -2.45. The highest BCUT2D eigenvalue weighted by Gasteiger charge is 2.27. The van der Waals surface area contributed by atoms with Crippen molar-refractivity contribution in [2.45, 2.75) is 45.1 Å². The van der Waals surface area contributed by atoms with Crippen molar-refractivity contribution >= 4 is 5.97 Å². The van der Waals surface area contributed by atoms with Gasteiger partial charge in [-0.2, -0.15) is 0 Å². The zero-order valence-electron chi connectivity index (χ0n) is 12.8. The molecule has 0 saturated carbocycles. The van der Waals surface area contributed by atoms with Crippen molar-refractivity contribution in [1.82, 2.24) is 4.90 Å². The molecule has 1 aromatic rings. The summed E-state index contributed by atoms with van der Waals surface area (Å²) in [5, 5.41) is 9.22. The van der Waals surface area contributed by atoms with E-state index in [1.165, 1.54) is 5.56 Å². The number of rotatable bonds is 7. The van der Waals surface area contributed by atoms with Gasteiger partial charge in [0, 0.05) is 6.54 Å². The number of likely N-dealkylation sites (tertiary alicyclic amines) is 1. The SMILES string of the molecule is CCc1ccc(OCCCN2CCCCC2C(=O)O)cc1. The van der Waals surface area contributed by atoms with Gasteiger partial charge in [0.25, 0.3) is 0 Å². The van der Waals surface area contributed by atoms with Crippen LogP contribution in [0.15, 0.2) is 24.3 Å². The molecule has 0 radical (unpaired) electrons. The van der Waals surface area contributed by atoms with E-state index in [9.17, 15) is 9.90 Å². The molecule has 1 unspecified atom stereocenters. The van der Waals surface area contributed by atoms with Crippen LogP contribution >= 0.6 is 0 Å². The van der Waals surface area contributed by atoms with Crippen molar-refractivity contribution in [2.24, 2.45) is 0 Å². The molecule has 1 N–H and O–H groups in total. The summed E-state index contributed by atoms with van der Waals surface area (Å²) in [6.45, 7) is 4.45. The minimum absolute atomic E-state index is 0.303. The first-order valence-electron chi connectivity index (χ1n) is 7.89. The van der Waals surface area contributed by atoms with Crippen molar-refractivity contribution in [3.8, 4) is 5.75 Å². The van der Waals surface area contributed by atoms with E-state index in [1.54, 1.807) is 0 Å². The lowest BCUT2D eigenvalue weighted by atomic mass is 10.0. The molecule has 0 bridgehead atoms. The second kappa shape index (κ2) is 8.03. The van der Waals surface area contributed by atoms with Gasteiger partial charge in [0.05, 0.1) is 6.61 Å². The lowest BCUT2D eigenvalue weighted by Gasteiger charge is -2.32. The second-order valence-electron chi connectivity index (χ2n) is 5.59. The van der Waals surface area contributed by atoms with Crippen LogP contribution in [0.3, 0.4) is 0 Å². The number of nitrogens with zero attached hydrogens (tertiary/aromatic N) is 1. The Balaban J connectivity index is 1.71. The molecular formula is C17H25NO3. The molecule has 0 aromatic heterocycles. The van der Waals surface area contributed by atoms with Crippen LogP contribution in [-0.4, -0.2) is 41.7 Å². The van der Waals surface area contributed by atoms with E-state index in [0.29, 0.717) is 6.61 Å². The van der Waals surface area contributed by atoms with Crippen molar-refractivity contribution in [3.63, 3.8) is 0 Å². The third-order valence-electron chi connectivity index (χ3n) is 4.09. The summed E-state index contributed by atoms with van der Waals surface area (Å²) in [4.78, 5) is 13.3. The molecule has 0 spiro atoms. The molecule has 4 nitrogen and oxygen atoms in total. The van der Waals surface area contributed by atoms with E-state index in [4.69, 9.17) is 4.74 Å². The molecule has 4 heteroatoms. The van der Waals surface area contributed by atoms with Crippen LogP contribution in [0.5, 0.6) is 5.75 Å². The zero-order valence-corrected chi connectivity index (χ0v) is 12.8. The van der Waals surface area contributed by atoms with Crippen LogP contribution in [-0.2, 0) is 11.2 Å². The molecule has 116 valence electrons. The average molecular weight is 291 g/mol. The van der Waals surface area contributed by atoms with Crippen LogP contribution < -0.4 is 4.74 Å². The van der Waals surface area contributed by atoms with Gasteiger partial charge in [-0.25, -0.2) is 0 Å². The standard InChI is InChI=1S/C17H25NO3/c1-2-14-7-9-15(10-8-14)21-13-5-12-18-11-4-3-6-16(18)17(19)20/h7-10,16H,2-6,11-13H2,1H3,(H,19,20). The smallest absolute Gasteiger partial charge is 0.320 e. The molecule has 0 amide bonds. The van der Waals surface area contributed by atoms with Crippen molar-refractivity contribution in [1.29, 1.82) is 0 Å². The number of ether oxygens (including phenoxy) is 1. The summed E-state index contributed by atoms with van der Waals surface area (Å²) < 4.78 is 5.72. The Labute approximate surface area is 126 Å².